The molecule has 98 valence electrons. The zero-order chi connectivity index (χ0) is 12.3. The average Bonchev–Trinajstić information content (AvgIpc) is 2.29. The highest BCUT2D eigenvalue weighted by atomic mass is 16.5. The zero-order valence-corrected chi connectivity index (χ0v) is 10.7. The van der Waals surface area contributed by atoms with Crippen LogP contribution in [-0.4, -0.2) is 49.8 Å². The maximum absolute atomic E-state index is 12.0. The monoisotopic (exact) mass is 241 g/mol. The van der Waals surface area contributed by atoms with E-state index < -0.39 is 0 Å². The fraction of sp³-hybridized carbons (Fsp3) is 0.917. The van der Waals surface area contributed by atoms with Crippen LogP contribution in [0.2, 0.25) is 0 Å². The van der Waals surface area contributed by atoms with Gasteiger partial charge in [0, 0.05) is 31.8 Å². The number of carbonyl (C=O) groups excluding carboxylic acids is 1. The molecule has 4 unspecified atom stereocenters. The minimum absolute atomic E-state index is 0.0932. The number of carbonyl (C=O) groups is 1. The summed E-state index contributed by atoms with van der Waals surface area (Å²) < 4.78 is 5.47. The summed E-state index contributed by atoms with van der Waals surface area (Å²) in [5, 5.41) is 9.69. The minimum atomic E-state index is -0.0932. The average molecular weight is 241 g/mol. The molecule has 0 radical (unpaired) electrons. The first-order valence-electron chi connectivity index (χ1n) is 6.54. The van der Waals surface area contributed by atoms with Gasteiger partial charge in [0.1, 0.15) is 0 Å². The molecule has 1 amide bonds. The Morgan fingerprint density at radius 2 is 2.12 bits per heavy atom. The second kappa shape index (κ2) is 5.80. The molecule has 0 spiro atoms. The van der Waals surface area contributed by atoms with Gasteiger partial charge in [-0.3, -0.25) is 4.79 Å². The third-order valence-corrected chi connectivity index (χ3v) is 3.49. The van der Waals surface area contributed by atoms with Gasteiger partial charge in [0.15, 0.2) is 0 Å². The molecule has 0 bridgehead atoms. The molecule has 2 aliphatic rings. The fourth-order valence-corrected chi connectivity index (χ4v) is 2.40. The molecule has 0 saturated carbocycles. The molecule has 0 aromatic rings. The fourth-order valence-electron chi connectivity index (χ4n) is 2.40. The molecule has 0 aromatic heterocycles. The SMILES string of the molecule is CC1CNC(C(=O)NC2CCOC(C)C2)CN1. The minimum Gasteiger partial charge on any atom is -0.378 e. The van der Waals surface area contributed by atoms with Crippen LogP contribution in [0.5, 0.6) is 0 Å². The van der Waals surface area contributed by atoms with Gasteiger partial charge >= 0.3 is 0 Å². The molecular formula is C12H23N3O2. The van der Waals surface area contributed by atoms with Gasteiger partial charge in [0.05, 0.1) is 12.1 Å². The lowest BCUT2D eigenvalue weighted by atomic mass is 10.0. The lowest BCUT2D eigenvalue weighted by Gasteiger charge is -2.32. The quantitative estimate of drug-likeness (QED) is 0.617. The Kier molecular flexibility index (Phi) is 4.36. The van der Waals surface area contributed by atoms with Crippen LogP contribution in [0.4, 0.5) is 0 Å². The predicted octanol–water partition coefficient (Wildman–Crippen LogP) is -0.380. The smallest absolute Gasteiger partial charge is 0.238 e. The summed E-state index contributed by atoms with van der Waals surface area (Å²) in [4.78, 5) is 12.0. The van der Waals surface area contributed by atoms with Crippen molar-refractivity contribution < 1.29 is 9.53 Å². The number of amides is 1. The lowest BCUT2D eigenvalue weighted by molar-refractivity contribution is -0.125. The van der Waals surface area contributed by atoms with Crippen LogP contribution >= 0.6 is 0 Å². The van der Waals surface area contributed by atoms with E-state index >= 15 is 0 Å². The van der Waals surface area contributed by atoms with Gasteiger partial charge < -0.3 is 20.7 Å². The van der Waals surface area contributed by atoms with E-state index in [2.05, 4.69) is 29.8 Å². The van der Waals surface area contributed by atoms with Crippen molar-refractivity contribution in [2.45, 2.75) is 50.9 Å². The zero-order valence-electron chi connectivity index (χ0n) is 10.7. The predicted molar refractivity (Wildman–Crippen MR) is 65.8 cm³/mol. The largest absolute Gasteiger partial charge is 0.378 e. The Morgan fingerprint density at radius 3 is 2.76 bits per heavy atom. The Labute approximate surface area is 103 Å². The highest BCUT2D eigenvalue weighted by Gasteiger charge is 2.27. The van der Waals surface area contributed by atoms with E-state index in [1.54, 1.807) is 0 Å². The molecule has 2 heterocycles. The molecule has 5 heteroatoms. The van der Waals surface area contributed by atoms with Gasteiger partial charge in [0.2, 0.25) is 5.91 Å². The van der Waals surface area contributed by atoms with Crippen LogP contribution in [0.15, 0.2) is 0 Å². The molecule has 2 rings (SSSR count). The van der Waals surface area contributed by atoms with Crippen LogP contribution in [0, 0.1) is 0 Å². The van der Waals surface area contributed by atoms with E-state index in [-0.39, 0.29) is 24.1 Å². The third-order valence-electron chi connectivity index (χ3n) is 3.49. The number of nitrogens with one attached hydrogen (secondary N) is 3. The summed E-state index contributed by atoms with van der Waals surface area (Å²) in [6, 6.07) is 0.624. The second-order valence-corrected chi connectivity index (χ2v) is 5.18. The summed E-state index contributed by atoms with van der Waals surface area (Å²) in [5.41, 5.74) is 0. The van der Waals surface area contributed by atoms with Crippen molar-refractivity contribution in [3.8, 4) is 0 Å². The summed E-state index contributed by atoms with van der Waals surface area (Å²) in [6.07, 6.45) is 2.10. The normalized spacial score (nSPS) is 38.7. The molecule has 0 aromatic carbocycles. The number of ether oxygens (including phenoxy) is 1. The summed E-state index contributed by atoms with van der Waals surface area (Å²) in [6.45, 7) is 6.48. The third kappa shape index (κ3) is 3.66. The molecule has 3 N–H and O–H groups in total. The van der Waals surface area contributed by atoms with Crippen molar-refractivity contribution in [2.75, 3.05) is 19.7 Å². The van der Waals surface area contributed by atoms with Crippen molar-refractivity contribution >= 4 is 5.91 Å². The Hall–Kier alpha value is -0.650. The first-order chi connectivity index (χ1) is 8.15. The molecular weight excluding hydrogens is 218 g/mol. The lowest BCUT2D eigenvalue weighted by Crippen LogP contribution is -2.60. The topological polar surface area (TPSA) is 62.4 Å². The van der Waals surface area contributed by atoms with Crippen molar-refractivity contribution in [1.29, 1.82) is 0 Å². The Balaban J connectivity index is 1.76. The van der Waals surface area contributed by atoms with Gasteiger partial charge in [-0.2, -0.15) is 0 Å². The van der Waals surface area contributed by atoms with E-state index in [1.165, 1.54) is 0 Å². The Morgan fingerprint density at radius 1 is 1.29 bits per heavy atom. The highest BCUT2D eigenvalue weighted by Crippen LogP contribution is 2.13. The number of hydrogen-bond donors (Lipinski definition) is 3. The molecule has 2 saturated heterocycles. The van der Waals surface area contributed by atoms with Crippen LogP contribution in [0.25, 0.3) is 0 Å². The number of rotatable bonds is 2. The molecule has 2 aliphatic heterocycles. The highest BCUT2D eigenvalue weighted by molar-refractivity contribution is 5.82. The maximum Gasteiger partial charge on any atom is 0.238 e. The first-order valence-corrected chi connectivity index (χ1v) is 6.54. The van der Waals surface area contributed by atoms with E-state index in [9.17, 15) is 4.79 Å². The second-order valence-electron chi connectivity index (χ2n) is 5.18. The molecule has 2 fully saturated rings. The van der Waals surface area contributed by atoms with Gasteiger partial charge in [0.25, 0.3) is 0 Å². The molecule has 5 nitrogen and oxygen atoms in total. The van der Waals surface area contributed by atoms with E-state index in [0.29, 0.717) is 12.6 Å². The summed E-state index contributed by atoms with van der Waals surface area (Å²) in [7, 11) is 0. The van der Waals surface area contributed by atoms with Crippen LogP contribution < -0.4 is 16.0 Å². The molecule has 0 aliphatic carbocycles. The van der Waals surface area contributed by atoms with E-state index in [4.69, 9.17) is 4.74 Å². The van der Waals surface area contributed by atoms with E-state index in [0.717, 1.165) is 26.0 Å². The van der Waals surface area contributed by atoms with E-state index in [1.807, 2.05) is 0 Å². The van der Waals surface area contributed by atoms with Crippen LogP contribution in [0.3, 0.4) is 0 Å². The standard InChI is InChI=1S/C12H23N3O2/c1-8-6-14-11(7-13-8)12(16)15-10-3-4-17-9(2)5-10/h8-11,13-14H,3-7H2,1-2H3,(H,15,16). The number of piperazine rings is 1. The van der Waals surface area contributed by atoms with Gasteiger partial charge in [-0.15, -0.1) is 0 Å². The van der Waals surface area contributed by atoms with Gasteiger partial charge in [-0.25, -0.2) is 0 Å². The first kappa shape index (κ1) is 12.8. The van der Waals surface area contributed by atoms with Crippen LogP contribution in [0.1, 0.15) is 26.7 Å². The van der Waals surface area contributed by atoms with Crippen molar-refractivity contribution in [3.63, 3.8) is 0 Å². The maximum atomic E-state index is 12.0. The van der Waals surface area contributed by atoms with Crippen molar-refractivity contribution in [3.05, 3.63) is 0 Å². The summed E-state index contributed by atoms with van der Waals surface area (Å²) >= 11 is 0. The van der Waals surface area contributed by atoms with Crippen LogP contribution in [-0.2, 0) is 9.53 Å². The van der Waals surface area contributed by atoms with Crippen molar-refractivity contribution in [1.82, 2.24) is 16.0 Å². The number of hydrogen-bond acceptors (Lipinski definition) is 4. The van der Waals surface area contributed by atoms with Gasteiger partial charge in [-0.05, 0) is 26.7 Å². The van der Waals surface area contributed by atoms with Gasteiger partial charge in [-0.1, -0.05) is 0 Å². The summed E-state index contributed by atoms with van der Waals surface area (Å²) in [5.74, 6) is 0.114. The molecule has 17 heavy (non-hydrogen) atoms. The Bertz CT molecular complexity index is 264. The van der Waals surface area contributed by atoms with Crippen molar-refractivity contribution in [2.24, 2.45) is 0 Å². The molecule has 4 atom stereocenters.